The highest BCUT2D eigenvalue weighted by molar-refractivity contribution is 6.13. The van der Waals surface area contributed by atoms with Crippen LogP contribution in [0.25, 0.3) is 12.2 Å². The minimum atomic E-state index is -0.687. The number of benzene rings is 3. The summed E-state index contributed by atoms with van der Waals surface area (Å²) in [6.07, 6.45) is 3.01. The summed E-state index contributed by atoms with van der Waals surface area (Å²) in [4.78, 5) is 32.5. The zero-order valence-electron chi connectivity index (χ0n) is 17.4. The lowest BCUT2D eigenvalue weighted by Gasteiger charge is -1.99. The molecule has 0 fully saturated rings. The number of cyclic esters (lactones) is 2. The molecule has 2 aliphatic heterocycles. The quantitative estimate of drug-likeness (QED) is 0.423. The molecule has 2 heterocycles. The summed E-state index contributed by atoms with van der Waals surface area (Å²) in [5, 5.41) is 0. The van der Waals surface area contributed by atoms with Gasteiger partial charge in [-0.1, -0.05) is 48.5 Å². The van der Waals surface area contributed by atoms with Crippen molar-refractivity contribution >= 4 is 35.9 Å². The van der Waals surface area contributed by atoms with Crippen molar-refractivity contribution in [1.29, 1.82) is 0 Å². The fourth-order valence-electron chi connectivity index (χ4n) is 3.32. The SMILES string of the molecule is O=C1OC(c2ccccc2F)=N/C1=C\c1ccc(/C=C2\N=C(c3ccccc3F)OC2=O)cc1. The van der Waals surface area contributed by atoms with Gasteiger partial charge in [0.25, 0.3) is 0 Å². The molecule has 0 aliphatic carbocycles. The monoisotopic (exact) mass is 456 g/mol. The Morgan fingerprint density at radius 3 is 1.35 bits per heavy atom. The van der Waals surface area contributed by atoms with E-state index in [2.05, 4.69) is 9.98 Å². The molecule has 3 aromatic carbocycles. The highest BCUT2D eigenvalue weighted by Crippen LogP contribution is 2.23. The number of ether oxygens (including phenoxy) is 2. The molecular weight excluding hydrogens is 442 g/mol. The van der Waals surface area contributed by atoms with Crippen molar-refractivity contribution in [1.82, 2.24) is 0 Å². The first kappa shape index (κ1) is 21.1. The van der Waals surface area contributed by atoms with Gasteiger partial charge in [-0.15, -0.1) is 0 Å². The fraction of sp³-hybridized carbons (Fsp3) is 0. The van der Waals surface area contributed by atoms with Crippen molar-refractivity contribution in [2.24, 2.45) is 9.98 Å². The first-order valence-corrected chi connectivity index (χ1v) is 10.1. The van der Waals surface area contributed by atoms with Crippen LogP contribution in [-0.4, -0.2) is 23.7 Å². The second kappa shape index (κ2) is 8.67. The molecule has 0 spiro atoms. The summed E-state index contributed by atoms with van der Waals surface area (Å²) in [6, 6.07) is 18.5. The van der Waals surface area contributed by atoms with Crippen LogP contribution >= 0.6 is 0 Å². The minimum Gasteiger partial charge on any atom is -0.402 e. The Morgan fingerprint density at radius 1 is 0.588 bits per heavy atom. The molecule has 0 amide bonds. The largest absolute Gasteiger partial charge is 0.402 e. The smallest absolute Gasteiger partial charge is 0.363 e. The number of rotatable bonds is 4. The van der Waals surface area contributed by atoms with E-state index in [1.165, 1.54) is 48.6 Å². The summed E-state index contributed by atoms with van der Waals surface area (Å²) in [7, 11) is 0. The number of esters is 2. The molecule has 0 unspecified atom stereocenters. The van der Waals surface area contributed by atoms with Gasteiger partial charge in [-0.25, -0.2) is 28.4 Å². The predicted octanol–water partition coefficient (Wildman–Crippen LogP) is 4.65. The number of hydrogen-bond donors (Lipinski definition) is 0. The third kappa shape index (κ3) is 4.16. The number of hydrogen-bond acceptors (Lipinski definition) is 6. The third-order valence-corrected chi connectivity index (χ3v) is 4.99. The zero-order valence-corrected chi connectivity index (χ0v) is 17.4. The lowest BCUT2D eigenvalue weighted by Crippen LogP contribution is -2.07. The van der Waals surface area contributed by atoms with Gasteiger partial charge in [-0.2, -0.15) is 0 Å². The molecule has 6 nitrogen and oxygen atoms in total. The van der Waals surface area contributed by atoms with Crippen LogP contribution in [-0.2, 0) is 19.1 Å². The standard InChI is InChI=1S/C26H14F2N2O4/c27-19-7-3-1-5-17(19)23-29-21(25(31)33-23)13-15-9-11-16(12-10-15)14-22-26(32)34-24(30-22)18-6-2-4-8-20(18)28/h1-14H/b21-13-,22-14-. The molecule has 0 saturated heterocycles. The van der Waals surface area contributed by atoms with E-state index in [1.807, 2.05) is 0 Å². The summed E-state index contributed by atoms with van der Waals surface area (Å²) in [5.41, 5.74) is 1.53. The average Bonchev–Trinajstić information content (AvgIpc) is 3.37. The van der Waals surface area contributed by atoms with Crippen LogP contribution in [0.1, 0.15) is 22.3 Å². The number of halogens is 2. The van der Waals surface area contributed by atoms with Gasteiger partial charge in [0.1, 0.15) is 11.6 Å². The topological polar surface area (TPSA) is 77.3 Å². The summed E-state index contributed by atoms with van der Waals surface area (Å²) in [5.74, 6) is -2.66. The molecule has 5 rings (SSSR count). The Balaban J connectivity index is 1.37. The van der Waals surface area contributed by atoms with Gasteiger partial charge in [0, 0.05) is 0 Å². The van der Waals surface area contributed by atoms with Gasteiger partial charge in [0.2, 0.25) is 11.8 Å². The average molecular weight is 456 g/mol. The fourth-order valence-corrected chi connectivity index (χ4v) is 3.32. The number of carbonyl (C=O) groups excluding carboxylic acids is 2. The van der Waals surface area contributed by atoms with Crippen LogP contribution in [0.5, 0.6) is 0 Å². The first-order valence-electron chi connectivity index (χ1n) is 10.1. The summed E-state index contributed by atoms with van der Waals surface area (Å²) in [6.45, 7) is 0. The lowest BCUT2D eigenvalue weighted by atomic mass is 10.1. The van der Waals surface area contributed by atoms with Crippen LogP contribution in [0.2, 0.25) is 0 Å². The molecule has 0 aromatic heterocycles. The van der Waals surface area contributed by atoms with Crippen LogP contribution < -0.4 is 0 Å². The van der Waals surface area contributed by atoms with Gasteiger partial charge >= 0.3 is 11.9 Å². The van der Waals surface area contributed by atoms with E-state index in [4.69, 9.17) is 9.47 Å². The Kier molecular flexibility index (Phi) is 5.39. The molecule has 0 bridgehead atoms. The Bertz CT molecular complexity index is 1340. The molecule has 2 aliphatic rings. The number of aliphatic imine (C=N–C) groups is 2. The highest BCUT2D eigenvalue weighted by Gasteiger charge is 2.27. The van der Waals surface area contributed by atoms with Gasteiger partial charge in [0.15, 0.2) is 11.4 Å². The molecule has 0 saturated carbocycles. The van der Waals surface area contributed by atoms with Crippen molar-refractivity contribution in [3.05, 3.63) is 118 Å². The van der Waals surface area contributed by atoms with E-state index in [-0.39, 0.29) is 34.3 Å². The van der Waals surface area contributed by atoms with E-state index in [9.17, 15) is 18.4 Å². The normalized spacial score (nSPS) is 17.6. The van der Waals surface area contributed by atoms with Crippen LogP contribution in [0.4, 0.5) is 8.78 Å². The Morgan fingerprint density at radius 2 is 0.971 bits per heavy atom. The lowest BCUT2D eigenvalue weighted by molar-refractivity contribution is -0.130. The van der Waals surface area contributed by atoms with E-state index < -0.39 is 23.6 Å². The summed E-state index contributed by atoms with van der Waals surface area (Å²) >= 11 is 0. The maximum Gasteiger partial charge on any atom is 0.363 e. The van der Waals surface area contributed by atoms with Crippen molar-refractivity contribution < 1.29 is 27.8 Å². The summed E-state index contributed by atoms with van der Waals surface area (Å²) < 4.78 is 38.1. The zero-order chi connectivity index (χ0) is 23.7. The molecule has 0 N–H and O–H groups in total. The molecule has 0 radical (unpaired) electrons. The molecule has 3 aromatic rings. The van der Waals surface area contributed by atoms with Crippen molar-refractivity contribution in [2.75, 3.05) is 0 Å². The molecule has 8 heteroatoms. The second-order valence-corrected chi connectivity index (χ2v) is 7.30. The maximum absolute atomic E-state index is 13.9. The first-order chi connectivity index (χ1) is 16.5. The van der Waals surface area contributed by atoms with E-state index in [0.717, 1.165) is 0 Å². The molecule has 34 heavy (non-hydrogen) atoms. The van der Waals surface area contributed by atoms with Gasteiger partial charge in [0.05, 0.1) is 11.1 Å². The molecular formula is C26H14F2N2O4. The highest BCUT2D eigenvalue weighted by atomic mass is 19.1. The van der Waals surface area contributed by atoms with Crippen LogP contribution in [0.3, 0.4) is 0 Å². The van der Waals surface area contributed by atoms with Crippen LogP contribution in [0.15, 0.2) is 94.2 Å². The third-order valence-electron chi connectivity index (χ3n) is 4.99. The van der Waals surface area contributed by atoms with Crippen molar-refractivity contribution in [3.8, 4) is 0 Å². The Labute approximate surface area is 192 Å². The van der Waals surface area contributed by atoms with E-state index in [1.54, 1.807) is 36.4 Å². The number of carbonyl (C=O) groups is 2. The number of nitrogens with zero attached hydrogens (tertiary/aromatic N) is 2. The molecule has 0 atom stereocenters. The van der Waals surface area contributed by atoms with E-state index >= 15 is 0 Å². The Hall–Kier alpha value is -4.72. The predicted molar refractivity (Wildman–Crippen MR) is 120 cm³/mol. The van der Waals surface area contributed by atoms with Gasteiger partial charge < -0.3 is 9.47 Å². The maximum atomic E-state index is 13.9. The van der Waals surface area contributed by atoms with Crippen molar-refractivity contribution in [2.45, 2.75) is 0 Å². The van der Waals surface area contributed by atoms with Gasteiger partial charge in [-0.05, 0) is 47.5 Å². The second-order valence-electron chi connectivity index (χ2n) is 7.30. The van der Waals surface area contributed by atoms with Crippen molar-refractivity contribution in [3.63, 3.8) is 0 Å². The van der Waals surface area contributed by atoms with Gasteiger partial charge in [-0.3, -0.25) is 0 Å². The molecule has 166 valence electrons. The minimum absolute atomic E-state index is 0.0304. The van der Waals surface area contributed by atoms with Crippen LogP contribution in [0, 0.1) is 11.6 Å². The van der Waals surface area contributed by atoms with E-state index in [0.29, 0.717) is 11.1 Å².